The van der Waals surface area contributed by atoms with Gasteiger partial charge in [-0.05, 0) is 47.1 Å². The Kier molecular flexibility index (Phi) is 6.31. The van der Waals surface area contributed by atoms with Crippen molar-refractivity contribution in [1.29, 1.82) is 0 Å². The highest BCUT2D eigenvalue weighted by Gasteiger charge is 2.31. The Morgan fingerprint density at radius 1 is 1.11 bits per heavy atom. The van der Waals surface area contributed by atoms with Crippen LogP contribution in [0.3, 0.4) is 0 Å². The summed E-state index contributed by atoms with van der Waals surface area (Å²) >= 11 is 3.41. The lowest BCUT2D eigenvalue weighted by molar-refractivity contribution is -0.895. The fourth-order valence-corrected chi connectivity index (χ4v) is 4.89. The average Bonchev–Trinajstić information content (AvgIpc) is 2.64. The van der Waals surface area contributed by atoms with E-state index in [1.54, 1.807) is 24.3 Å². The van der Waals surface area contributed by atoms with Gasteiger partial charge in [0.25, 0.3) is 5.91 Å². The second-order valence-corrected chi connectivity index (χ2v) is 9.46. The molecule has 0 saturated carbocycles. The minimum Gasteiger partial charge on any atom is -0.325 e. The van der Waals surface area contributed by atoms with E-state index in [1.165, 1.54) is 4.31 Å². The average molecular weight is 453 g/mol. The van der Waals surface area contributed by atoms with Gasteiger partial charge in [0.1, 0.15) is 0 Å². The second-order valence-electron chi connectivity index (χ2n) is 6.67. The largest absolute Gasteiger partial charge is 0.325 e. The number of nitrogens with zero attached hydrogens (tertiary/aromatic N) is 1. The van der Waals surface area contributed by atoms with E-state index in [-0.39, 0.29) is 5.91 Å². The number of sulfonamides is 1. The number of amides is 1. The predicted octanol–water partition coefficient (Wildman–Crippen LogP) is 1.29. The fourth-order valence-electron chi connectivity index (χ4n) is 3.06. The van der Waals surface area contributed by atoms with Crippen molar-refractivity contribution in [2.75, 3.05) is 38.0 Å². The first-order valence-electron chi connectivity index (χ1n) is 8.81. The van der Waals surface area contributed by atoms with E-state index in [2.05, 4.69) is 21.2 Å². The van der Waals surface area contributed by atoms with E-state index in [1.807, 2.05) is 31.2 Å². The van der Waals surface area contributed by atoms with Gasteiger partial charge in [-0.1, -0.05) is 29.8 Å². The van der Waals surface area contributed by atoms with Gasteiger partial charge in [-0.2, -0.15) is 4.31 Å². The third kappa shape index (κ3) is 4.95. The number of carbonyl (C=O) groups is 1. The molecule has 1 fully saturated rings. The molecule has 1 aliphatic rings. The number of benzene rings is 2. The lowest BCUT2D eigenvalue weighted by Crippen LogP contribution is -3.15. The van der Waals surface area contributed by atoms with Crippen molar-refractivity contribution < 1.29 is 18.1 Å². The molecular weight excluding hydrogens is 430 g/mol. The molecule has 0 bridgehead atoms. The summed E-state index contributed by atoms with van der Waals surface area (Å²) in [5.74, 6) is -0.0771. The van der Waals surface area contributed by atoms with E-state index in [0.717, 1.165) is 20.6 Å². The van der Waals surface area contributed by atoms with E-state index < -0.39 is 10.0 Å². The van der Waals surface area contributed by atoms with Crippen molar-refractivity contribution in [3.05, 3.63) is 58.6 Å². The predicted molar refractivity (Wildman–Crippen MR) is 108 cm³/mol. The summed E-state index contributed by atoms with van der Waals surface area (Å²) in [7, 11) is -3.47. The van der Waals surface area contributed by atoms with Gasteiger partial charge in [0.2, 0.25) is 10.0 Å². The van der Waals surface area contributed by atoms with Crippen LogP contribution in [-0.2, 0) is 14.8 Å². The summed E-state index contributed by atoms with van der Waals surface area (Å²) in [6.07, 6.45) is 0. The van der Waals surface area contributed by atoms with Gasteiger partial charge in [0, 0.05) is 4.47 Å². The standard InChI is InChI=1S/C19H22BrN3O3S/c1-15-6-8-16(9-7-15)27(25,26)23-12-10-22(11-13-23)14-19(24)21-18-5-3-2-4-17(18)20/h2-9H,10-14H2,1H3,(H,21,24)/p+1. The molecule has 0 spiro atoms. The van der Waals surface area contributed by atoms with E-state index in [9.17, 15) is 13.2 Å². The highest BCUT2D eigenvalue weighted by molar-refractivity contribution is 9.10. The van der Waals surface area contributed by atoms with E-state index in [4.69, 9.17) is 0 Å². The molecular formula is C19H23BrN3O3S+. The molecule has 0 atom stereocenters. The van der Waals surface area contributed by atoms with Gasteiger partial charge in [-0.15, -0.1) is 0 Å². The highest BCUT2D eigenvalue weighted by Crippen LogP contribution is 2.20. The number of hydrogen-bond acceptors (Lipinski definition) is 3. The monoisotopic (exact) mass is 452 g/mol. The molecule has 0 unspecified atom stereocenters. The smallest absolute Gasteiger partial charge is 0.279 e. The van der Waals surface area contributed by atoms with Crippen molar-refractivity contribution in [1.82, 2.24) is 4.31 Å². The van der Waals surface area contributed by atoms with Crippen LogP contribution in [0.25, 0.3) is 0 Å². The number of carbonyl (C=O) groups excluding carboxylic acids is 1. The zero-order chi connectivity index (χ0) is 19.4. The fraction of sp³-hybridized carbons (Fsp3) is 0.316. The van der Waals surface area contributed by atoms with Gasteiger partial charge in [-0.3, -0.25) is 4.79 Å². The maximum atomic E-state index is 12.7. The molecule has 0 aromatic heterocycles. The number of halogens is 1. The molecule has 2 aromatic rings. The molecule has 2 N–H and O–H groups in total. The summed E-state index contributed by atoms with van der Waals surface area (Å²) < 4.78 is 27.8. The van der Waals surface area contributed by atoms with Gasteiger partial charge in [0.05, 0.1) is 36.8 Å². The number of rotatable bonds is 5. The molecule has 27 heavy (non-hydrogen) atoms. The van der Waals surface area contributed by atoms with Crippen LogP contribution in [0.15, 0.2) is 57.9 Å². The third-order valence-corrected chi connectivity index (χ3v) is 7.25. The first kappa shape index (κ1) is 20.0. The number of nitrogens with one attached hydrogen (secondary N) is 2. The number of para-hydroxylation sites is 1. The Hall–Kier alpha value is -1.74. The molecule has 2 aromatic carbocycles. The molecule has 144 valence electrons. The van der Waals surface area contributed by atoms with Crippen LogP contribution in [0.5, 0.6) is 0 Å². The number of aryl methyl sites for hydroxylation is 1. The van der Waals surface area contributed by atoms with Gasteiger partial charge in [0.15, 0.2) is 6.54 Å². The summed E-state index contributed by atoms with van der Waals surface area (Å²) in [5.41, 5.74) is 1.77. The van der Waals surface area contributed by atoms with Gasteiger partial charge in [-0.25, -0.2) is 8.42 Å². The minimum atomic E-state index is -3.47. The van der Waals surface area contributed by atoms with Crippen molar-refractivity contribution in [3.63, 3.8) is 0 Å². The summed E-state index contributed by atoms with van der Waals surface area (Å²) in [6.45, 7) is 4.28. The normalized spacial score (nSPS) is 16.2. The zero-order valence-corrected chi connectivity index (χ0v) is 17.5. The second kappa shape index (κ2) is 8.52. The topological polar surface area (TPSA) is 70.9 Å². The van der Waals surface area contributed by atoms with Crippen molar-refractivity contribution in [2.24, 2.45) is 0 Å². The summed E-state index contributed by atoms with van der Waals surface area (Å²) in [6, 6.07) is 14.4. The molecule has 1 saturated heterocycles. The Balaban J connectivity index is 1.55. The Bertz CT molecular complexity index is 908. The molecule has 8 heteroatoms. The molecule has 3 rings (SSSR count). The Morgan fingerprint density at radius 2 is 1.74 bits per heavy atom. The maximum absolute atomic E-state index is 12.7. The Morgan fingerprint density at radius 3 is 2.37 bits per heavy atom. The van der Waals surface area contributed by atoms with Crippen LogP contribution in [-0.4, -0.2) is 51.4 Å². The van der Waals surface area contributed by atoms with Gasteiger partial charge < -0.3 is 10.2 Å². The summed E-state index contributed by atoms with van der Waals surface area (Å²) in [5, 5.41) is 2.89. The molecule has 0 aliphatic carbocycles. The first-order valence-corrected chi connectivity index (χ1v) is 11.0. The SMILES string of the molecule is Cc1ccc(S(=O)(=O)N2CC[NH+](CC(=O)Nc3ccccc3Br)CC2)cc1. The van der Waals surface area contributed by atoms with Crippen LogP contribution in [0.2, 0.25) is 0 Å². The van der Waals surface area contributed by atoms with Crippen LogP contribution in [0, 0.1) is 6.92 Å². The molecule has 1 heterocycles. The Labute approximate surface area is 168 Å². The zero-order valence-electron chi connectivity index (χ0n) is 15.1. The quantitative estimate of drug-likeness (QED) is 0.717. The number of piperazine rings is 1. The molecule has 1 aliphatic heterocycles. The van der Waals surface area contributed by atoms with Crippen molar-refractivity contribution in [2.45, 2.75) is 11.8 Å². The van der Waals surface area contributed by atoms with Crippen LogP contribution in [0.1, 0.15) is 5.56 Å². The molecule has 6 nitrogen and oxygen atoms in total. The van der Waals surface area contributed by atoms with E-state index >= 15 is 0 Å². The van der Waals surface area contributed by atoms with Crippen LogP contribution in [0.4, 0.5) is 5.69 Å². The lowest BCUT2D eigenvalue weighted by atomic mass is 10.2. The van der Waals surface area contributed by atoms with Gasteiger partial charge >= 0.3 is 0 Å². The maximum Gasteiger partial charge on any atom is 0.279 e. The molecule has 1 amide bonds. The van der Waals surface area contributed by atoms with Crippen molar-refractivity contribution in [3.8, 4) is 0 Å². The summed E-state index contributed by atoms with van der Waals surface area (Å²) in [4.78, 5) is 13.7. The van der Waals surface area contributed by atoms with Crippen molar-refractivity contribution >= 4 is 37.5 Å². The number of anilines is 1. The highest BCUT2D eigenvalue weighted by atomic mass is 79.9. The first-order chi connectivity index (χ1) is 12.9. The van der Waals surface area contributed by atoms with E-state index in [0.29, 0.717) is 37.6 Å². The minimum absolute atomic E-state index is 0.0771. The number of hydrogen-bond donors (Lipinski definition) is 2. The molecule has 0 radical (unpaired) electrons. The van der Waals surface area contributed by atoms with Crippen LogP contribution < -0.4 is 10.2 Å². The lowest BCUT2D eigenvalue weighted by Gasteiger charge is -2.31. The van der Waals surface area contributed by atoms with Crippen LogP contribution >= 0.6 is 15.9 Å². The third-order valence-electron chi connectivity index (χ3n) is 4.65. The number of quaternary nitrogens is 1.